The third kappa shape index (κ3) is 3.44. The number of aromatic nitrogens is 2. The quantitative estimate of drug-likeness (QED) is 0.644. The van der Waals surface area contributed by atoms with Crippen LogP contribution in [-0.2, 0) is 21.4 Å². The van der Waals surface area contributed by atoms with Gasteiger partial charge in [-0.2, -0.15) is 0 Å². The number of hydrogen-bond donors (Lipinski definition) is 2. The van der Waals surface area contributed by atoms with Crippen LogP contribution in [-0.4, -0.2) is 52.9 Å². The van der Waals surface area contributed by atoms with Gasteiger partial charge in [0, 0.05) is 32.0 Å². The van der Waals surface area contributed by atoms with Crippen LogP contribution in [0.3, 0.4) is 0 Å². The first kappa shape index (κ1) is 19.6. The van der Waals surface area contributed by atoms with Crippen LogP contribution in [0, 0.1) is 0 Å². The van der Waals surface area contributed by atoms with Gasteiger partial charge in [-0.3, -0.25) is 9.59 Å². The molecule has 0 bridgehead atoms. The van der Waals surface area contributed by atoms with Gasteiger partial charge in [-0.25, -0.2) is 4.98 Å². The molecular weight excluding hydrogens is 392 g/mol. The van der Waals surface area contributed by atoms with E-state index >= 15 is 0 Å². The summed E-state index contributed by atoms with van der Waals surface area (Å²) in [4.78, 5) is 35.7. The summed E-state index contributed by atoms with van der Waals surface area (Å²) in [7, 11) is 1.62. The lowest BCUT2D eigenvalue weighted by molar-refractivity contribution is -0.129. The molecule has 3 heterocycles. The van der Waals surface area contributed by atoms with Crippen molar-refractivity contribution in [2.24, 2.45) is 0 Å². The van der Waals surface area contributed by atoms with Gasteiger partial charge in [-0.1, -0.05) is 24.3 Å². The number of nitrogens with zero attached hydrogens (tertiary/aromatic N) is 2. The third-order valence-electron chi connectivity index (χ3n) is 6.62. The van der Waals surface area contributed by atoms with E-state index in [4.69, 9.17) is 4.74 Å². The van der Waals surface area contributed by atoms with E-state index in [1.165, 1.54) is 0 Å². The molecule has 7 nitrogen and oxygen atoms in total. The minimum absolute atomic E-state index is 0.0425. The maximum Gasteiger partial charge on any atom is 0.232 e. The molecule has 160 valence electrons. The van der Waals surface area contributed by atoms with Gasteiger partial charge in [-0.05, 0) is 42.7 Å². The number of imidazole rings is 1. The van der Waals surface area contributed by atoms with Crippen molar-refractivity contribution in [3.05, 3.63) is 59.9 Å². The predicted molar refractivity (Wildman–Crippen MR) is 117 cm³/mol. The third-order valence-corrected chi connectivity index (χ3v) is 6.62. The molecule has 2 amide bonds. The maximum absolute atomic E-state index is 13.5. The lowest BCUT2D eigenvalue weighted by Gasteiger charge is -2.29. The first-order valence-electron chi connectivity index (χ1n) is 10.7. The Morgan fingerprint density at radius 1 is 1.29 bits per heavy atom. The van der Waals surface area contributed by atoms with Gasteiger partial charge in [-0.15, -0.1) is 0 Å². The molecule has 2 aliphatic heterocycles. The number of nitrogens with one attached hydrogen (secondary N) is 2. The van der Waals surface area contributed by atoms with Crippen LogP contribution in [0.4, 0.5) is 0 Å². The summed E-state index contributed by atoms with van der Waals surface area (Å²) in [6.07, 6.45) is 2.65. The molecule has 2 N–H and O–H groups in total. The first-order valence-corrected chi connectivity index (χ1v) is 10.7. The van der Waals surface area contributed by atoms with Crippen molar-refractivity contribution < 1.29 is 14.3 Å². The van der Waals surface area contributed by atoms with Gasteiger partial charge in [0.25, 0.3) is 0 Å². The van der Waals surface area contributed by atoms with Crippen LogP contribution in [0.25, 0.3) is 11.0 Å². The maximum atomic E-state index is 13.5. The average Bonchev–Trinajstić information content (AvgIpc) is 3.48. The van der Waals surface area contributed by atoms with Crippen LogP contribution in [0.2, 0.25) is 0 Å². The summed E-state index contributed by atoms with van der Waals surface area (Å²) >= 11 is 0. The summed E-state index contributed by atoms with van der Waals surface area (Å²) in [6, 6.07) is 15.7. The Hall–Kier alpha value is -3.35. The Morgan fingerprint density at radius 3 is 2.97 bits per heavy atom. The monoisotopic (exact) mass is 418 g/mol. The van der Waals surface area contributed by atoms with Crippen molar-refractivity contribution in [3.8, 4) is 5.75 Å². The molecular formula is C24H26N4O3. The fourth-order valence-electron chi connectivity index (χ4n) is 4.99. The van der Waals surface area contributed by atoms with Crippen molar-refractivity contribution in [3.63, 3.8) is 0 Å². The average molecular weight is 418 g/mol. The second kappa shape index (κ2) is 7.72. The number of methoxy groups -OCH3 is 1. The van der Waals surface area contributed by atoms with Crippen LogP contribution >= 0.6 is 0 Å². The number of benzene rings is 2. The minimum atomic E-state index is -0.761. The Bertz CT molecular complexity index is 1110. The van der Waals surface area contributed by atoms with E-state index in [0.29, 0.717) is 38.1 Å². The van der Waals surface area contributed by atoms with Gasteiger partial charge in [0.1, 0.15) is 11.6 Å². The number of aromatic amines is 1. The van der Waals surface area contributed by atoms with Crippen molar-refractivity contribution >= 4 is 22.8 Å². The zero-order valence-corrected chi connectivity index (χ0v) is 17.6. The normalized spacial score (nSPS) is 22.7. The van der Waals surface area contributed by atoms with Gasteiger partial charge in [0.15, 0.2) is 0 Å². The summed E-state index contributed by atoms with van der Waals surface area (Å²) in [5.41, 5.74) is 2.05. The predicted octanol–water partition coefficient (Wildman–Crippen LogP) is 2.56. The van der Waals surface area contributed by atoms with Gasteiger partial charge in [0.2, 0.25) is 11.8 Å². The number of carbonyl (C=O) groups is 2. The summed E-state index contributed by atoms with van der Waals surface area (Å²) in [5.74, 6) is 1.66. The van der Waals surface area contributed by atoms with Crippen LogP contribution in [0.1, 0.15) is 30.7 Å². The second-order valence-electron chi connectivity index (χ2n) is 8.44. The molecule has 2 aliphatic rings. The first-order chi connectivity index (χ1) is 15.1. The number of H-pyrrole nitrogens is 1. The zero-order valence-electron chi connectivity index (χ0n) is 17.6. The molecule has 0 saturated carbocycles. The topological polar surface area (TPSA) is 87.3 Å². The lowest BCUT2D eigenvalue weighted by Crippen LogP contribution is -2.47. The fraction of sp³-hybridized carbons (Fsp3) is 0.375. The molecule has 0 unspecified atom stereocenters. The molecule has 0 aliphatic carbocycles. The molecule has 7 heteroatoms. The Kier molecular flexibility index (Phi) is 4.88. The summed E-state index contributed by atoms with van der Waals surface area (Å²) in [5, 5.41) is 3.12. The Balaban J connectivity index is 1.36. The summed E-state index contributed by atoms with van der Waals surface area (Å²) < 4.78 is 5.40. The highest BCUT2D eigenvalue weighted by molar-refractivity contribution is 5.91. The van der Waals surface area contributed by atoms with E-state index in [0.717, 1.165) is 28.8 Å². The fourth-order valence-corrected chi connectivity index (χ4v) is 4.99. The zero-order chi connectivity index (χ0) is 21.4. The van der Waals surface area contributed by atoms with E-state index in [-0.39, 0.29) is 17.9 Å². The Morgan fingerprint density at radius 2 is 2.16 bits per heavy atom. The van der Waals surface area contributed by atoms with E-state index in [9.17, 15) is 9.59 Å². The SMILES string of the molecule is COc1cccc([C@]2(C(=O)NCCc3nc4ccccc4[nH]3)C[C@@H]3CCC(=O)N3C2)c1. The highest BCUT2D eigenvalue weighted by Crippen LogP contribution is 2.43. The largest absolute Gasteiger partial charge is 0.497 e. The van der Waals surface area contributed by atoms with Crippen molar-refractivity contribution in [2.45, 2.75) is 37.1 Å². The Labute approximate surface area is 180 Å². The number of rotatable bonds is 6. The van der Waals surface area contributed by atoms with Crippen molar-refractivity contribution in [1.82, 2.24) is 20.2 Å². The molecule has 1 aromatic heterocycles. The number of ether oxygens (including phenoxy) is 1. The van der Waals surface area contributed by atoms with E-state index in [1.807, 2.05) is 53.4 Å². The lowest BCUT2D eigenvalue weighted by atomic mass is 9.76. The molecule has 5 rings (SSSR count). The van der Waals surface area contributed by atoms with Gasteiger partial charge < -0.3 is 19.9 Å². The molecule has 31 heavy (non-hydrogen) atoms. The smallest absolute Gasteiger partial charge is 0.232 e. The number of carbonyl (C=O) groups excluding carboxylic acids is 2. The molecule has 3 aromatic rings. The molecule has 2 aromatic carbocycles. The highest BCUT2D eigenvalue weighted by atomic mass is 16.5. The van der Waals surface area contributed by atoms with Crippen LogP contribution in [0.15, 0.2) is 48.5 Å². The van der Waals surface area contributed by atoms with Crippen LogP contribution in [0.5, 0.6) is 5.75 Å². The van der Waals surface area contributed by atoms with Crippen molar-refractivity contribution in [1.29, 1.82) is 0 Å². The minimum Gasteiger partial charge on any atom is -0.497 e. The van der Waals surface area contributed by atoms with E-state index in [2.05, 4.69) is 15.3 Å². The number of amides is 2. The van der Waals surface area contributed by atoms with Crippen molar-refractivity contribution in [2.75, 3.05) is 20.2 Å². The molecule has 0 radical (unpaired) electrons. The van der Waals surface area contributed by atoms with Crippen LogP contribution < -0.4 is 10.1 Å². The van der Waals surface area contributed by atoms with Gasteiger partial charge >= 0.3 is 0 Å². The molecule has 2 saturated heterocycles. The molecule has 0 spiro atoms. The molecule has 2 fully saturated rings. The number of para-hydroxylation sites is 2. The summed E-state index contributed by atoms with van der Waals surface area (Å²) in [6.45, 7) is 0.892. The van der Waals surface area contributed by atoms with E-state index in [1.54, 1.807) is 7.11 Å². The number of hydrogen-bond acceptors (Lipinski definition) is 4. The molecule has 2 atom stereocenters. The second-order valence-corrected chi connectivity index (χ2v) is 8.44. The highest BCUT2D eigenvalue weighted by Gasteiger charge is 2.53. The standard InChI is InChI=1S/C24H26N4O3/c1-31-18-6-4-5-16(13-18)24(14-17-9-10-22(29)28(17)15-24)23(30)25-12-11-21-26-19-7-2-3-8-20(19)27-21/h2-8,13,17H,9-12,14-15H2,1H3,(H,25,30)(H,26,27)/t17-,24-/m0/s1. The van der Waals surface area contributed by atoms with E-state index < -0.39 is 5.41 Å². The number of fused-ring (bicyclic) bond motifs is 2. The van der Waals surface area contributed by atoms with Gasteiger partial charge in [0.05, 0.1) is 23.6 Å².